The Bertz CT molecular complexity index is 470. The molecule has 0 bridgehead atoms. The summed E-state index contributed by atoms with van der Waals surface area (Å²) in [4.78, 5) is 19.0. The largest absolute Gasteiger partial charge is 0.356 e. The van der Waals surface area contributed by atoms with Crippen molar-refractivity contribution < 1.29 is 4.79 Å². The fourth-order valence-electron chi connectivity index (χ4n) is 3.32. The lowest BCUT2D eigenvalue weighted by Crippen LogP contribution is -2.47. The Morgan fingerprint density at radius 1 is 1.33 bits per heavy atom. The van der Waals surface area contributed by atoms with Gasteiger partial charge in [-0.05, 0) is 44.9 Å². The summed E-state index contributed by atoms with van der Waals surface area (Å²) in [6.45, 7) is 4.97. The smallest absolute Gasteiger partial charge is 0.224 e. The van der Waals surface area contributed by atoms with Gasteiger partial charge in [0.1, 0.15) is 5.82 Å². The zero-order chi connectivity index (χ0) is 14.7. The van der Waals surface area contributed by atoms with Gasteiger partial charge in [0.05, 0.1) is 5.92 Å². The summed E-state index contributed by atoms with van der Waals surface area (Å²) >= 11 is 0. The zero-order valence-corrected chi connectivity index (χ0v) is 12.6. The summed E-state index contributed by atoms with van der Waals surface area (Å²) in [5.41, 5.74) is 0. The third kappa shape index (κ3) is 3.35. The van der Waals surface area contributed by atoms with Gasteiger partial charge in [-0.15, -0.1) is 0 Å². The van der Waals surface area contributed by atoms with Crippen molar-refractivity contribution in [3.8, 4) is 0 Å². The Morgan fingerprint density at radius 2 is 2.14 bits per heavy atom. The molecule has 2 saturated heterocycles. The molecule has 0 spiro atoms. The highest BCUT2D eigenvalue weighted by Gasteiger charge is 2.31. The molecule has 1 aromatic rings. The number of hydrogen-bond donors (Lipinski definition) is 2. The van der Waals surface area contributed by atoms with Crippen molar-refractivity contribution in [1.82, 2.24) is 15.6 Å². The molecular weight excluding hydrogens is 264 g/mol. The number of carbonyl (C=O) groups excluding carboxylic acids is 1. The molecule has 1 aromatic heterocycles. The van der Waals surface area contributed by atoms with Crippen molar-refractivity contribution in [2.45, 2.75) is 38.3 Å². The molecule has 0 aromatic carbocycles. The van der Waals surface area contributed by atoms with Gasteiger partial charge in [-0.2, -0.15) is 0 Å². The number of aromatic nitrogens is 1. The fourth-order valence-corrected chi connectivity index (χ4v) is 3.32. The number of rotatable bonds is 3. The predicted octanol–water partition coefficient (Wildman–Crippen LogP) is 1.16. The van der Waals surface area contributed by atoms with Crippen molar-refractivity contribution in [3.05, 3.63) is 24.4 Å². The van der Waals surface area contributed by atoms with E-state index in [0.29, 0.717) is 12.1 Å². The standard InChI is InChI=1S/C16H24N4O/c1-12-14(5-9-17-12)16(21)19-13-6-10-20(11-7-13)15-4-2-3-8-18-15/h2-4,8,12-14,17H,5-7,9-11H2,1H3,(H,19,21). The lowest BCUT2D eigenvalue weighted by molar-refractivity contribution is -0.126. The van der Waals surface area contributed by atoms with E-state index in [4.69, 9.17) is 0 Å². The number of nitrogens with one attached hydrogen (secondary N) is 2. The maximum absolute atomic E-state index is 12.3. The first-order valence-corrected chi connectivity index (χ1v) is 7.94. The summed E-state index contributed by atoms with van der Waals surface area (Å²) in [6.07, 6.45) is 4.78. The van der Waals surface area contributed by atoms with Crippen LogP contribution in [0.1, 0.15) is 26.2 Å². The van der Waals surface area contributed by atoms with Gasteiger partial charge in [0.2, 0.25) is 5.91 Å². The van der Waals surface area contributed by atoms with Crippen LogP contribution in [0.2, 0.25) is 0 Å². The first kappa shape index (κ1) is 14.3. The topological polar surface area (TPSA) is 57.3 Å². The summed E-state index contributed by atoms with van der Waals surface area (Å²) < 4.78 is 0. The highest BCUT2D eigenvalue weighted by atomic mass is 16.2. The highest BCUT2D eigenvalue weighted by Crippen LogP contribution is 2.19. The van der Waals surface area contributed by atoms with Crippen LogP contribution in [0, 0.1) is 5.92 Å². The van der Waals surface area contributed by atoms with Crippen molar-refractivity contribution in [2.24, 2.45) is 5.92 Å². The van der Waals surface area contributed by atoms with Crippen LogP contribution in [0.4, 0.5) is 5.82 Å². The molecule has 0 radical (unpaired) electrons. The number of hydrogen-bond acceptors (Lipinski definition) is 4. The van der Waals surface area contributed by atoms with Gasteiger partial charge < -0.3 is 15.5 Å². The van der Waals surface area contributed by atoms with Crippen molar-refractivity contribution in [2.75, 3.05) is 24.5 Å². The summed E-state index contributed by atoms with van der Waals surface area (Å²) in [5.74, 6) is 1.40. The lowest BCUT2D eigenvalue weighted by atomic mass is 9.99. The van der Waals surface area contributed by atoms with Crippen LogP contribution in [-0.2, 0) is 4.79 Å². The Hall–Kier alpha value is -1.62. The molecule has 0 saturated carbocycles. The van der Waals surface area contributed by atoms with Gasteiger partial charge in [0.15, 0.2) is 0 Å². The Kier molecular flexibility index (Phi) is 4.39. The average Bonchev–Trinajstić information content (AvgIpc) is 2.95. The maximum Gasteiger partial charge on any atom is 0.224 e. The number of carbonyl (C=O) groups is 1. The average molecular weight is 288 g/mol. The number of amides is 1. The zero-order valence-electron chi connectivity index (χ0n) is 12.6. The number of nitrogens with zero attached hydrogens (tertiary/aromatic N) is 2. The van der Waals surface area contributed by atoms with E-state index in [9.17, 15) is 4.79 Å². The number of anilines is 1. The van der Waals surface area contributed by atoms with E-state index in [0.717, 1.165) is 44.7 Å². The van der Waals surface area contributed by atoms with Crippen LogP contribution in [0.25, 0.3) is 0 Å². The Labute approximate surface area is 126 Å². The summed E-state index contributed by atoms with van der Waals surface area (Å²) in [6, 6.07) is 6.62. The molecule has 2 unspecified atom stereocenters. The van der Waals surface area contributed by atoms with E-state index < -0.39 is 0 Å². The second-order valence-corrected chi connectivity index (χ2v) is 6.10. The third-order valence-electron chi connectivity index (χ3n) is 4.68. The summed E-state index contributed by atoms with van der Waals surface area (Å²) in [5, 5.41) is 6.58. The van der Waals surface area contributed by atoms with Crippen molar-refractivity contribution in [3.63, 3.8) is 0 Å². The van der Waals surface area contributed by atoms with Gasteiger partial charge in [0, 0.05) is 31.4 Å². The van der Waals surface area contributed by atoms with Crippen LogP contribution in [0.3, 0.4) is 0 Å². The molecule has 2 aliphatic rings. The molecule has 2 atom stereocenters. The minimum Gasteiger partial charge on any atom is -0.356 e. The second-order valence-electron chi connectivity index (χ2n) is 6.10. The Balaban J connectivity index is 1.49. The van der Waals surface area contributed by atoms with Crippen LogP contribution < -0.4 is 15.5 Å². The SMILES string of the molecule is CC1NCCC1C(=O)NC1CCN(c2ccccn2)CC1. The first-order valence-electron chi connectivity index (χ1n) is 7.94. The molecule has 2 aliphatic heterocycles. The molecule has 5 heteroatoms. The van der Waals surface area contributed by atoms with E-state index in [1.165, 1.54) is 0 Å². The monoisotopic (exact) mass is 288 g/mol. The van der Waals surface area contributed by atoms with Gasteiger partial charge in [-0.25, -0.2) is 4.98 Å². The van der Waals surface area contributed by atoms with Crippen LogP contribution in [0.15, 0.2) is 24.4 Å². The quantitative estimate of drug-likeness (QED) is 0.876. The summed E-state index contributed by atoms with van der Waals surface area (Å²) in [7, 11) is 0. The minimum absolute atomic E-state index is 0.138. The van der Waals surface area contributed by atoms with Gasteiger partial charge in [-0.1, -0.05) is 6.07 Å². The molecule has 2 fully saturated rings. The van der Waals surface area contributed by atoms with Crippen molar-refractivity contribution >= 4 is 11.7 Å². The van der Waals surface area contributed by atoms with E-state index in [1.807, 2.05) is 24.4 Å². The molecule has 0 aliphatic carbocycles. The second kappa shape index (κ2) is 6.43. The van der Waals surface area contributed by atoms with E-state index in [-0.39, 0.29) is 11.8 Å². The molecular formula is C16H24N4O. The number of piperidine rings is 1. The Morgan fingerprint density at radius 3 is 2.76 bits per heavy atom. The maximum atomic E-state index is 12.3. The fraction of sp³-hybridized carbons (Fsp3) is 0.625. The van der Waals surface area contributed by atoms with Gasteiger partial charge in [0.25, 0.3) is 0 Å². The predicted molar refractivity (Wildman–Crippen MR) is 83.2 cm³/mol. The lowest BCUT2D eigenvalue weighted by Gasteiger charge is -2.33. The van der Waals surface area contributed by atoms with Crippen LogP contribution in [-0.4, -0.2) is 42.6 Å². The first-order chi connectivity index (χ1) is 10.2. The van der Waals surface area contributed by atoms with E-state index in [1.54, 1.807) is 0 Å². The van der Waals surface area contributed by atoms with Gasteiger partial charge >= 0.3 is 0 Å². The van der Waals surface area contributed by atoms with Crippen LogP contribution >= 0.6 is 0 Å². The molecule has 5 nitrogen and oxygen atoms in total. The molecule has 3 heterocycles. The van der Waals surface area contributed by atoms with E-state index in [2.05, 4.69) is 27.4 Å². The molecule has 21 heavy (non-hydrogen) atoms. The normalized spacial score (nSPS) is 26.8. The van der Waals surface area contributed by atoms with Crippen LogP contribution in [0.5, 0.6) is 0 Å². The minimum atomic E-state index is 0.138. The molecule has 3 rings (SSSR count). The van der Waals surface area contributed by atoms with Crippen molar-refractivity contribution in [1.29, 1.82) is 0 Å². The molecule has 114 valence electrons. The number of pyridine rings is 1. The highest BCUT2D eigenvalue weighted by molar-refractivity contribution is 5.80. The molecule has 2 N–H and O–H groups in total. The van der Waals surface area contributed by atoms with E-state index >= 15 is 0 Å². The van der Waals surface area contributed by atoms with Gasteiger partial charge in [-0.3, -0.25) is 4.79 Å². The third-order valence-corrected chi connectivity index (χ3v) is 4.68. The molecule has 1 amide bonds.